The van der Waals surface area contributed by atoms with E-state index in [4.69, 9.17) is 4.74 Å². The highest BCUT2D eigenvalue weighted by molar-refractivity contribution is 5.92. The molecule has 5 nitrogen and oxygen atoms in total. The average Bonchev–Trinajstić information content (AvgIpc) is 2.28. The SMILES string of the molecule is C[C@@H]1CN(C(=O)c2cc[c]nn2)C[C@H](C)O1. The number of hydrogen-bond acceptors (Lipinski definition) is 4. The topological polar surface area (TPSA) is 55.3 Å². The first-order chi connectivity index (χ1) is 7.66. The molecule has 0 unspecified atom stereocenters. The number of morpholine rings is 1. The Morgan fingerprint density at radius 1 is 1.50 bits per heavy atom. The number of amides is 1. The Morgan fingerprint density at radius 3 is 2.75 bits per heavy atom. The van der Waals surface area contributed by atoms with Gasteiger partial charge in [0.15, 0.2) is 5.69 Å². The van der Waals surface area contributed by atoms with Crippen molar-refractivity contribution in [2.75, 3.05) is 13.1 Å². The summed E-state index contributed by atoms with van der Waals surface area (Å²) in [5.74, 6) is -0.0940. The number of hydrogen-bond donors (Lipinski definition) is 0. The van der Waals surface area contributed by atoms with Gasteiger partial charge in [0.25, 0.3) is 5.91 Å². The van der Waals surface area contributed by atoms with Crippen LogP contribution in [0.15, 0.2) is 12.1 Å². The van der Waals surface area contributed by atoms with E-state index in [0.29, 0.717) is 18.8 Å². The third-order valence-corrected chi connectivity index (χ3v) is 2.46. The van der Waals surface area contributed by atoms with Gasteiger partial charge in [0.2, 0.25) is 0 Å². The number of rotatable bonds is 1. The van der Waals surface area contributed by atoms with Crippen molar-refractivity contribution >= 4 is 5.91 Å². The monoisotopic (exact) mass is 220 g/mol. The Morgan fingerprint density at radius 2 is 2.19 bits per heavy atom. The average molecular weight is 220 g/mol. The van der Waals surface area contributed by atoms with E-state index in [1.807, 2.05) is 13.8 Å². The Hall–Kier alpha value is -1.49. The van der Waals surface area contributed by atoms with E-state index in [1.165, 1.54) is 0 Å². The highest BCUT2D eigenvalue weighted by Gasteiger charge is 2.27. The lowest BCUT2D eigenvalue weighted by molar-refractivity contribution is -0.0587. The van der Waals surface area contributed by atoms with Crippen LogP contribution in [0.2, 0.25) is 0 Å². The lowest BCUT2D eigenvalue weighted by Gasteiger charge is -2.34. The predicted octanol–water partition coefficient (Wildman–Crippen LogP) is 0.526. The largest absolute Gasteiger partial charge is 0.372 e. The molecule has 0 spiro atoms. The van der Waals surface area contributed by atoms with Gasteiger partial charge in [0.1, 0.15) is 6.20 Å². The van der Waals surface area contributed by atoms with Gasteiger partial charge in [0, 0.05) is 13.1 Å². The fourth-order valence-corrected chi connectivity index (χ4v) is 1.89. The first-order valence-corrected chi connectivity index (χ1v) is 5.31. The zero-order valence-electron chi connectivity index (χ0n) is 9.38. The van der Waals surface area contributed by atoms with Crippen molar-refractivity contribution in [2.45, 2.75) is 26.1 Å². The summed E-state index contributed by atoms with van der Waals surface area (Å²) in [6, 6.07) is 3.22. The molecule has 16 heavy (non-hydrogen) atoms. The third-order valence-electron chi connectivity index (χ3n) is 2.46. The smallest absolute Gasteiger partial charge is 0.274 e. The summed E-state index contributed by atoms with van der Waals surface area (Å²) < 4.78 is 5.57. The van der Waals surface area contributed by atoms with E-state index in [0.717, 1.165) is 0 Å². The van der Waals surface area contributed by atoms with Crippen LogP contribution in [-0.4, -0.2) is 46.3 Å². The Kier molecular flexibility index (Phi) is 3.14. The predicted molar refractivity (Wildman–Crippen MR) is 56.8 cm³/mol. The fourth-order valence-electron chi connectivity index (χ4n) is 1.89. The van der Waals surface area contributed by atoms with E-state index >= 15 is 0 Å². The van der Waals surface area contributed by atoms with Crippen molar-refractivity contribution in [1.82, 2.24) is 15.1 Å². The number of carbonyl (C=O) groups excluding carboxylic acids is 1. The highest BCUT2D eigenvalue weighted by atomic mass is 16.5. The van der Waals surface area contributed by atoms with Crippen LogP contribution in [0, 0.1) is 6.20 Å². The molecule has 1 fully saturated rings. The summed E-state index contributed by atoms with van der Waals surface area (Å²) in [6.45, 7) is 5.12. The minimum absolute atomic E-state index is 0.0657. The van der Waals surface area contributed by atoms with E-state index in [2.05, 4.69) is 16.4 Å². The number of carbonyl (C=O) groups is 1. The molecule has 2 heterocycles. The van der Waals surface area contributed by atoms with Crippen LogP contribution in [0.3, 0.4) is 0 Å². The number of ether oxygens (including phenoxy) is 1. The maximum absolute atomic E-state index is 12.0. The van der Waals surface area contributed by atoms with Gasteiger partial charge in [-0.2, -0.15) is 0 Å². The van der Waals surface area contributed by atoms with Crippen LogP contribution in [0.25, 0.3) is 0 Å². The third kappa shape index (κ3) is 2.36. The van der Waals surface area contributed by atoms with Gasteiger partial charge in [-0.3, -0.25) is 4.79 Å². The molecular weight excluding hydrogens is 206 g/mol. The van der Waals surface area contributed by atoms with Gasteiger partial charge in [-0.15, -0.1) is 10.2 Å². The molecule has 1 aliphatic rings. The minimum atomic E-state index is -0.0940. The van der Waals surface area contributed by atoms with Gasteiger partial charge < -0.3 is 9.64 Å². The summed E-state index contributed by atoms with van der Waals surface area (Å²) in [4.78, 5) is 13.8. The van der Waals surface area contributed by atoms with E-state index < -0.39 is 0 Å². The second-order valence-corrected chi connectivity index (χ2v) is 4.02. The zero-order chi connectivity index (χ0) is 11.5. The van der Waals surface area contributed by atoms with Crippen molar-refractivity contribution in [3.05, 3.63) is 24.0 Å². The molecule has 0 N–H and O–H groups in total. The minimum Gasteiger partial charge on any atom is -0.372 e. The lowest BCUT2D eigenvalue weighted by Crippen LogP contribution is -2.48. The molecule has 0 bridgehead atoms. The second-order valence-electron chi connectivity index (χ2n) is 4.02. The summed E-state index contributed by atoms with van der Waals surface area (Å²) in [6.07, 6.45) is 2.68. The highest BCUT2D eigenvalue weighted by Crippen LogP contribution is 2.12. The molecule has 2 rings (SSSR count). The first-order valence-electron chi connectivity index (χ1n) is 5.31. The van der Waals surface area contributed by atoms with Crippen molar-refractivity contribution in [3.8, 4) is 0 Å². The van der Waals surface area contributed by atoms with Gasteiger partial charge in [-0.1, -0.05) is 0 Å². The Bertz CT molecular complexity index is 359. The Balaban J connectivity index is 2.10. The standard InChI is InChI=1S/C11H14N3O2/c1-8-6-14(7-9(2)16-8)11(15)10-4-3-5-12-13-10/h3-4,8-9H,6-7H2,1-2H3/t8-,9+. The molecule has 1 aromatic heterocycles. The lowest BCUT2D eigenvalue weighted by atomic mass is 10.2. The zero-order valence-corrected chi connectivity index (χ0v) is 9.38. The van der Waals surface area contributed by atoms with E-state index in [9.17, 15) is 4.79 Å². The van der Waals surface area contributed by atoms with Crippen LogP contribution in [-0.2, 0) is 4.74 Å². The van der Waals surface area contributed by atoms with Gasteiger partial charge >= 0.3 is 0 Å². The van der Waals surface area contributed by atoms with Crippen LogP contribution in [0.4, 0.5) is 0 Å². The van der Waals surface area contributed by atoms with Gasteiger partial charge in [0.05, 0.1) is 12.2 Å². The van der Waals surface area contributed by atoms with E-state index in [-0.39, 0.29) is 18.1 Å². The first kappa shape index (κ1) is 11.0. The fraction of sp³-hybridized carbons (Fsp3) is 0.545. The normalized spacial score (nSPS) is 25.5. The molecule has 1 radical (unpaired) electrons. The molecule has 1 saturated heterocycles. The summed E-state index contributed by atoms with van der Waals surface area (Å²) in [5.41, 5.74) is 0.361. The molecule has 2 atom stereocenters. The molecule has 1 aliphatic heterocycles. The number of nitrogens with zero attached hydrogens (tertiary/aromatic N) is 3. The maximum atomic E-state index is 12.0. The van der Waals surface area contributed by atoms with Crippen molar-refractivity contribution in [3.63, 3.8) is 0 Å². The van der Waals surface area contributed by atoms with Crippen molar-refractivity contribution in [2.24, 2.45) is 0 Å². The van der Waals surface area contributed by atoms with E-state index in [1.54, 1.807) is 17.0 Å². The van der Waals surface area contributed by atoms with Crippen molar-refractivity contribution in [1.29, 1.82) is 0 Å². The Labute approximate surface area is 94.4 Å². The summed E-state index contributed by atoms with van der Waals surface area (Å²) in [7, 11) is 0. The molecule has 0 aromatic carbocycles. The number of aromatic nitrogens is 2. The van der Waals surface area contributed by atoms with Gasteiger partial charge in [-0.25, -0.2) is 0 Å². The quantitative estimate of drug-likeness (QED) is 0.692. The molecule has 85 valence electrons. The summed E-state index contributed by atoms with van der Waals surface area (Å²) >= 11 is 0. The molecule has 0 aliphatic carbocycles. The molecule has 0 saturated carbocycles. The summed E-state index contributed by atoms with van der Waals surface area (Å²) in [5, 5.41) is 7.35. The van der Waals surface area contributed by atoms with Crippen LogP contribution in [0.1, 0.15) is 24.3 Å². The molecule has 1 aromatic rings. The maximum Gasteiger partial charge on any atom is 0.274 e. The second kappa shape index (κ2) is 4.57. The molecule has 5 heteroatoms. The van der Waals surface area contributed by atoms with Gasteiger partial charge in [-0.05, 0) is 26.0 Å². The van der Waals surface area contributed by atoms with Crippen molar-refractivity contribution < 1.29 is 9.53 Å². The molecular formula is C11H14N3O2. The van der Waals surface area contributed by atoms with Crippen LogP contribution in [0.5, 0.6) is 0 Å². The van der Waals surface area contributed by atoms with Crippen LogP contribution >= 0.6 is 0 Å². The molecule has 1 amide bonds. The van der Waals surface area contributed by atoms with Crippen LogP contribution < -0.4 is 0 Å².